The summed E-state index contributed by atoms with van der Waals surface area (Å²) in [6.07, 6.45) is 1.77. The normalized spacial score (nSPS) is 11.9. The van der Waals surface area contributed by atoms with Crippen molar-refractivity contribution in [1.29, 1.82) is 0 Å². The van der Waals surface area contributed by atoms with Gasteiger partial charge in [-0.05, 0) is 43.7 Å². The summed E-state index contributed by atoms with van der Waals surface area (Å²) in [6.45, 7) is 4.02. The highest BCUT2D eigenvalue weighted by Crippen LogP contribution is 2.30. The van der Waals surface area contributed by atoms with Crippen molar-refractivity contribution in [2.75, 3.05) is 12.4 Å². The second-order valence-electron chi connectivity index (χ2n) is 4.43. The van der Waals surface area contributed by atoms with Crippen LogP contribution in [0.1, 0.15) is 24.2 Å². The highest BCUT2D eigenvalue weighted by atomic mass is 16.5. The predicted octanol–water partition coefficient (Wildman–Crippen LogP) is 3.28. The molecule has 0 aliphatic heterocycles. The first-order chi connectivity index (χ1) is 9.11. The van der Waals surface area contributed by atoms with Crippen LogP contribution in [-0.2, 0) is 0 Å². The van der Waals surface area contributed by atoms with Gasteiger partial charge in [-0.15, -0.1) is 0 Å². The van der Waals surface area contributed by atoms with Gasteiger partial charge in [0, 0.05) is 12.2 Å². The summed E-state index contributed by atoms with van der Waals surface area (Å²) >= 11 is 0. The Morgan fingerprint density at radius 3 is 2.79 bits per heavy atom. The van der Waals surface area contributed by atoms with Crippen molar-refractivity contribution >= 4 is 5.69 Å². The van der Waals surface area contributed by atoms with Gasteiger partial charge in [0.2, 0.25) is 0 Å². The highest BCUT2D eigenvalue weighted by Gasteiger charge is 2.10. The van der Waals surface area contributed by atoms with Gasteiger partial charge in [0.05, 0.1) is 18.5 Å². The smallest absolute Gasteiger partial charge is 0.160 e. The van der Waals surface area contributed by atoms with Crippen molar-refractivity contribution in [2.24, 2.45) is 0 Å². The summed E-state index contributed by atoms with van der Waals surface area (Å²) in [7, 11) is 1.54. The number of methoxy groups -OCH3 is 1. The average Bonchev–Trinajstić information content (AvgIpc) is 2.42. The first-order valence-electron chi connectivity index (χ1n) is 6.17. The maximum absolute atomic E-state index is 9.60. The summed E-state index contributed by atoms with van der Waals surface area (Å²) in [5, 5.41) is 13.0. The molecule has 0 fully saturated rings. The van der Waals surface area contributed by atoms with Gasteiger partial charge < -0.3 is 15.2 Å². The second kappa shape index (κ2) is 5.61. The Balaban J connectivity index is 2.20. The number of phenolic OH excluding ortho intramolecular Hbond substituents is 1. The minimum absolute atomic E-state index is 0.0948. The second-order valence-corrected chi connectivity index (χ2v) is 4.43. The number of ether oxygens (including phenoxy) is 1. The molecular formula is C15H18N2O2. The molecule has 2 rings (SSSR count). The van der Waals surface area contributed by atoms with E-state index in [1.807, 2.05) is 31.2 Å². The molecule has 100 valence electrons. The number of benzene rings is 1. The van der Waals surface area contributed by atoms with Gasteiger partial charge in [0.1, 0.15) is 0 Å². The van der Waals surface area contributed by atoms with Crippen LogP contribution in [0.15, 0.2) is 36.5 Å². The molecule has 0 bridgehead atoms. The topological polar surface area (TPSA) is 54.4 Å². The number of aromatic hydroxyl groups is 1. The van der Waals surface area contributed by atoms with E-state index in [-0.39, 0.29) is 11.8 Å². The van der Waals surface area contributed by atoms with Gasteiger partial charge >= 0.3 is 0 Å². The number of hydrogen-bond acceptors (Lipinski definition) is 4. The van der Waals surface area contributed by atoms with Crippen LogP contribution < -0.4 is 10.1 Å². The SMILES string of the molecule is COc1cc(C(C)Nc2cccnc2C)ccc1O. The summed E-state index contributed by atoms with van der Waals surface area (Å²) in [5.74, 6) is 0.630. The van der Waals surface area contributed by atoms with Crippen LogP contribution in [0.3, 0.4) is 0 Å². The van der Waals surface area contributed by atoms with Crippen LogP contribution >= 0.6 is 0 Å². The Bertz CT molecular complexity index is 570. The predicted molar refractivity (Wildman–Crippen MR) is 75.7 cm³/mol. The molecule has 1 aromatic carbocycles. The zero-order chi connectivity index (χ0) is 13.8. The third-order valence-corrected chi connectivity index (χ3v) is 3.08. The van der Waals surface area contributed by atoms with Crippen molar-refractivity contribution < 1.29 is 9.84 Å². The zero-order valence-electron chi connectivity index (χ0n) is 11.3. The Morgan fingerprint density at radius 2 is 2.11 bits per heavy atom. The molecule has 1 aromatic heterocycles. The number of rotatable bonds is 4. The Kier molecular flexibility index (Phi) is 3.90. The Labute approximate surface area is 113 Å². The van der Waals surface area contributed by atoms with Crippen LogP contribution in [0.4, 0.5) is 5.69 Å². The van der Waals surface area contributed by atoms with Crippen LogP contribution in [-0.4, -0.2) is 17.2 Å². The van der Waals surface area contributed by atoms with Gasteiger partial charge in [-0.2, -0.15) is 0 Å². The van der Waals surface area contributed by atoms with E-state index in [4.69, 9.17) is 4.74 Å². The van der Waals surface area contributed by atoms with E-state index in [9.17, 15) is 5.11 Å². The zero-order valence-corrected chi connectivity index (χ0v) is 11.3. The number of hydrogen-bond donors (Lipinski definition) is 2. The largest absolute Gasteiger partial charge is 0.504 e. The number of aromatic nitrogens is 1. The standard InChI is InChI=1S/C15H18N2O2/c1-10(17-13-5-4-8-16-11(13)2)12-6-7-14(18)15(9-12)19-3/h4-10,17-18H,1-3H3. The lowest BCUT2D eigenvalue weighted by Gasteiger charge is -2.17. The fourth-order valence-corrected chi connectivity index (χ4v) is 1.92. The summed E-state index contributed by atoms with van der Waals surface area (Å²) in [4.78, 5) is 4.25. The quantitative estimate of drug-likeness (QED) is 0.883. The molecular weight excluding hydrogens is 240 g/mol. The van der Waals surface area contributed by atoms with Gasteiger partial charge in [-0.3, -0.25) is 4.98 Å². The number of anilines is 1. The van der Waals surface area contributed by atoms with Gasteiger partial charge in [-0.25, -0.2) is 0 Å². The maximum atomic E-state index is 9.60. The van der Waals surface area contributed by atoms with Crippen molar-refractivity contribution in [2.45, 2.75) is 19.9 Å². The van der Waals surface area contributed by atoms with Crippen LogP contribution in [0.2, 0.25) is 0 Å². The van der Waals surface area contributed by atoms with Crippen molar-refractivity contribution in [3.8, 4) is 11.5 Å². The van der Waals surface area contributed by atoms with E-state index in [1.54, 1.807) is 19.4 Å². The molecule has 2 N–H and O–H groups in total. The molecule has 0 saturated heterocycles. The molecule has 1 atom stereocenters. The minimum Gasteiger partial charge on any atom is -0.504 e. The van der Waals surface area contributed by atoms with Crippen LogP contribution in [0.5, 0.6) is 11.5 Å². The first kappa shape index (κ1) is 13.2. The molecule has 0 amide bonds. The van der Waals surface area contributed by atoms with Crippen molar-refractivity contribution in [3.63, 3.8) is 0 Å². The molecule has 0 saturated carbocycles. The van der Waals surface area contributed by atoms with E-state index < -0.39 is 0 Å². The Morgan fingerprint density at radius 1 is 1.32 bits per heavy atom. The van der Waals surface area contributed by atoms with Gasteiger partial charge in [0.15, 0.2) is 11.5 Å². The fraction of sp³-hybridized carbons (Fsp3) is 0.267. The van der Waals surface area contributed by atoms with Gasteiger partial charge in [0.25, 0.3) is 0 Å². The summed E-state index contributed by atoms with van der Waals surface area (Å²) < 4.78 is 5.12. The maximum Gasteiger partial charge on any atom is 0.160 e. The number of pyridine rings is 1. The van der Waals surface area contributed by atoms with Gasteiger partial charge in [-0.1, -0.05) is 6.07 Å². The van der Waals surface area contributed by atoms with E-state index in [0.717, 1.165) is 16.9 Å². The number of nitrogens with one attached hydrogen (secondary N) is 1. The van der Waals surface area contributed by atoms with Crippen molar-refractivity contribution in [1.82, 2.24) is 4.98 Å². The molecule has 0 aliphatic rings. The lowest BCUT2D eigenvalue weighted by Crippen LogP contribution is -2.08. The van der Waals surface area contributed by atoms with E-state index >= 15 is 0 Å². The van der Waals surface area contributed by atoms with E-state index in [0.29, 0.717) is 5.75 Å². The Hall–Kier alpha value is -2.23. The molecule has 19 heavy (non-hydrogen) atoms. The molecule has 0 radical (unpaired) electrons. The lowest BCUT2D eigenvalue weighted by molar-refractivity contribution is 0.373. The molecule has 1 unspecified atom stereocenters. The third kappa shape index (κ3) is 2.96. The molecule has 4 heteroatoms. The van der Waals surface area contributed by atoms with Crippen LogP contribution in [0, 0.1) is 6.92 Å². The summed E-state index contributed by atoms with van der Waals surface area (Å²) in [5.41, 5.74) is 3.00. The average molecular weight is 258 g/mol. The monoisotopic (exact) mass is 258 g/mol. The summed E-state index contributed by atoms with van der Waals surface area (Å²) in [6, 6.07) is 9.34. The molecule has 4 nitrogen and oxygen atoms in total. The van der Waals surface area contributed by atoms with Crippen molar-refractivity contribution in [3.05, 3.63) is 47.8 Å². The highest BCUT2D eigenvalue weighted by molar-refractivity contribution is 5.50. The molecule has 2 aromatic rings. The van der Waals surface area contributed by atoms with Crippen LogP contribution in [0.25, 0.3) is 0 Å². The molecule has 1 heterocycles. The number of aryl methyl sites for hydroxylation is 1. The lowest BCUT2D eigenvalue weighted by atomic mass is 10.1. The number of phenols is 1. The minimum atomic E-state index is 0.0948. The molecule has 0 spiro atoms. The number of nitrogens with zero attached hydrogens (tertiary/aromatic N) is 1. The molecule has 0 aliphatic carbocycles. The van der Waals surface area contributed by atoms with E-state index in [1.165, 1.54) is 0 Å². The first-order valence-corrected chi connectivity index (χ1v) is 6.17. The van der Waals surface area contributed by atoms with E-state index in [2.05, 4.69) is 17.2 Å². The fourth-order valence-electron chi connectivity index (χ4n) is 1.92. The third-order valence-electron chi connectivity index (χ3n) is 3.08.